The van der Waals surface area contributed by atoms with Crippen molar-refractivity contribution in [3.63, 3.8) is 0 Å². The first kappa shape index (κ1) is 34.0. The first-order chi connectivity index (χ1) is 20.3. The summed E-state index contributed by atoms with van der Waals surface area (Å²) in [5.41, 5.74) is -1.92. The fourth-order valence-corrected chi connectivity index (χ4v) is 5.96. The Hall–Kier alpha value is -2.86. The molecular weight excluding hydrogens is 614 g/mol. The van der Waals surface area contributed by atoms with Crippen LogP contribution in [0.15, 0.2) is 18.2 Å². The SMILES string of the molecule is COc1cccc2c1C(=O)c1c(O)c3c(c(O)c1C2=O)C[C@@](O)(C(=O)CO)C[C@@H]3OC1CC(NOC(=O)O)C(O)C(C)O1.[CaH2]. The van der Waals surface area contributed by atoms with Crippen LogP contribution >= 0.6 is 0 Å². The third-order valence-corrected chi connectivity index (χ3v) is 8.06. The maximum absolute atomic E-state index is 13.7. The van der Waals surface area contributed by atoms with Gasteiger partial charge in [0.05, 0.1) is 48.2 Å². The first-order valence-corrected chi connectivity index (χ1v) is 13.2. The molecule has 1 saturated heterocycles. The number of fused-ring (bicyclic) bond motifs is 3. The summed E-state index contributed by atoms with van der Waals surface area (Å²) in [5.74, 6) is -4.14. The Balaban J connectivity index is 0.00000442. The molecule has 234 valence electrons. The second-order valence-corrected chi connectivity index (χ2v) is 10.6. The molecular formula is C28H31CaNO14. The van der Waals surface area contributed by atoms with Crippen LogP contribution in [-0.4, -0.2) is 136 Å². The van der Waals surface area contributed by atoms with Gasteiger partial charge in [0.25, 0.3) is 0 Å². The molecule has 6 atom stereocenters. The van der Waals surface area contributed by atoms with Crippen LogP contribution in [0, 0.1) is 0 Å². The number of hydrogen-bond acceptors (Lipinski definition) is 14. The summed E-state index contributed by atoms with van der Waals surface area (Å²) < 4.78 is 17.0. The minimum absolute atomic E-state index is 0. The molecule has 2 aliphatic carbocycles. The van der Waals surface area contributed by atoms with Gasteiger partial charge in [-0.1, -0.05) is 12.1 Å². The molecule has 0 bridgehead atoms. The summed E-state index contributed by atoms with van der Waals surface area (Å²) in [6.07, 6.45) is -8.04. The summed E-state index contributed by atoms with van der Waals surface area (Å²) in [4.78, 5) is 55.2. The van der Waals surface area contributed by atoms with Gasteiger partial charge in [-0.3, -0.25) is 14.4 Å². The number of hydrogen-bond donors (Lipinski definition) is 7. The Morgan fingerprint density at radius 2 is 1.80 bits per heavy atom. The average Bonchev–Trinajstić information content (AvgIpc) is 2.97. The standard InChI is InChI=1S/C28H29NO14.Ca.2H/c1-10-22(32)13(29-43-27(37)38)6-17(41-10)42-15-8-28(39,16(31)9-30)7-12-19(15)26(36)21-20(24(12)34)23(33)11-4-3-5-14(40-2)18(11)25(21)35;;;/h3-5,10,13,15,17,22,29-30,32,34,36,39H,6-9H2,1-2H3,(H,37,38);;;/t10?,13?,15-,17?,22?,28-;;;/m0.../s1. The van der Waals surface area contributed by atoms with Crippen LogP contribution in [0.4, 0.5) is 4.79 Å². The molecule has 3 aliphatic rings. The fraction of sp³-hybridized carbons (Fsp3) is 0.429. The second-order valence-electron chi connectivity index (χ2n) is 10.6. The number of aromatic hydroxyl groups is 2. The van der Waals surface area contributed by atoms with Crippen LogP contribution in [0.3, 0.4) is 0 Å². The third kappa shape index (κ3) is 5.68. The maximum atomic E-state index is 13.7. The van der Waals surface area contributed by atoms with Crippen LogP contribution in [-0.2, 0) is 25.5 Å². The fourth-order valence-electron chi connectivity index (χ4n) is 5.96. The first-order valence-electron chi connectivity index (χ1n) is 13.2. The summed E-state index contributed by atoms with van der Waals surface area (Å²) in [6, 6.07) is 3.24. The van der Waals surface area contributed by atoms with Crippen molar-refractivity contribution in [3.05, 3.63) is 51.6 Å². The number of benzene rings is 2. The predicted octanol–water partition coefficient (Wildman–Crippen LogP) is -0.674. The molecule has 4 unspecified atom stereocenters. The Morgan fingerprint density at radius 1 is 1.11 bits per heavy atom. The number of carbonyl (C=O) groups is 4. The number of aliphatic hydroxyl groups excluding tert-OH is 2. The molecule has 0 amide bonds. The molecule has 1 heterocycles. The molecule has 44 heavy (non-hydrogen) atoms. The molecule has 1 aliphatic heterocycles. The van der Waals surface area contributed by atoms with E-state index >= 15 is 0 Å². The van der Waals surface area contributed by atoms with Crippen LogP contribution in [0.25, 0.3) is 0 Å². The molecule has 2 aromatic rings. The number of rotatable bonds is 7. The van der Waals surface area contributed by atoms with Crippen LogP contribution in [0.5, 0.6) is 17.2 Å². The number of hydroxylamine groups is 1. The molecule has 0 spiro atoms. The van der Waals surface area contributed by atoms with Crippen LogP contribution < -0.4 is 10.2 Å². The van der Waals surface area contributed by atoms with Gasteiger partial charge >= 0.3 is 43.9 Å². The molecule has 1 fully saturated rings. The molecule has 7 N–H and O–H groups in total. The van der Waals surface area contributed by atoms with E-state index in [0.717, 1.165) is 0 Å². The van der Waals surface area contributed by atoms with Crippen molar-refractivity contribution in [1.82, 2.24) is 5.48 Å². The van der Waals surface area contributed by atoms with Gasteiger partial charge in [0, 0.05) is 36.0 Å². The van der Waals surface area contributed by atoms with E-state index in [1.807, 2.05) is 0 Å². The van der Waals surface area contributed by atoms with Gasteiger partial charge < -0.3 is 49.7 Å². The summed E-state index contributed by atoms with van der Waals surface area (Å²) in [5, 5.41) is 63.1. The van der Waals surface area contributed by atoms with E-state index in [4.69, 9.17) is 19.3 Å². The number of nitrogens with one attached hydrogen (secondary N) is 1. The Bertz CT molecular complexity index is 1530. The number of carbonyl (C=O) groups excluding carboxylic acids is 3. The van der Waals surface area contributed by atoms with Gasteiger partial charge in [-0.15, -0.1) is 5.48 Å². The van der Waals surface area contributed by atoms with Crippen molar-refractivity contribution in [2.75, 3.05) is 13.7 Å². The molecule has 15 nitrogen and oxygen atoms in total. The predicted molar refractivity (Wildman–Crippen MR) is 148 cm³/mol. The summed E-state index contributed by atoms with van der Waals surface area (Å²) >= 11 is 0. The Morgan fingerprint density at radius 3 is 2.43 bits per heavy atom. The van der Waals surface area contributed by atoms with E-state index in [2.05, 4.69) is 10.3 Å². The van der Waals surface area contributed by atoms with Gasteiger partial charge in [-0.05, 0) is 13.0 Å². The molecule has 2 aromatic carbocycles. The quantitative estimate of drug-likeness (QED) is 0.0958. The van der Waals surface area contributed by atoms with Crippen molar-refractivity contribution >= 4 is 61.2 Å². The Kier molecular flexibility index (Phi) is 9.95. The number of aliphatic hydroxyl groups is 3. The van der Waals surface area contributed by atoms with Gasteiger partial charge in [0.2, 0.25) is 5.78 Å². The third-order valence-electron chi connectivity index (χ3n) is 8.06. The number of carboxylic acid groups (broad SMARTS) is 1. The monoisotopic (exact) mass is 645 g/mol. The van der Waals surface area contributed by atoms with Gasteiger partial charge in [0.15, 0.2) is 17.9 Å². The molecule has 0 radical (unpaired) electrons. The van der Waals surface area contributed by atoms with E-state index < -0.39 is 102 Å². The number of phenolic OH excluding ortho intramolecular Hbond substituents is 2. The average molecular weight is 646 g/mol. The van der Waals surface area contributed by atoms with Crippen molar-refractivity contribution in [2.24, 2.45) is 0 Å². The summed E-state index contributed by atoms with van der Waals surface area (Å²) in [6.45, 7) is 0.382. The van der Waals surface area contributed by atoms with Crippen molar-refractivity contribution < 1.29 is 68.9 Å². The van der Waals surface area contributed by atoms with Crippen LogP contribution in [0.1, 0.15) is 68.8 Å². The van der Waals surface area contributed by atoms with Crippen molar-refractivity contribution in [2.45, 2.75) is 62.4 Å². The molecule has 16 heteroatoms. The van der Waals surface area contributed by atoms with E-state index in [1.54, 1.807) is 0 Å². The zero-order valence-corrected chi connectivity index (χ0v) is 22.9. The number of phenols is 2. The number of ketones is 3. The number of methoxy groups -OCH3 is 1. The van der Waals surface area contributed by atoms with E-state index in [0.29, 0.717) is 0 Å². The zero-order valence-electron chi connectivity index (χ0n) is 22.9. The van der Waals surface area contributed by atoms with Gasteiger partial charge in [-0.2, -0.15) is 0 Å². The second kappa shape index (κ2) is 12.9. The number of ether oxygens (including phenoxy) is 3. The van der Waals surface area contributed by atoms with Gasteiger partial charge in [-0.25, -0.2) is 4.79 Å². The van der Waals surface area contributed by atoms with Crippen molar-refractivity contribution in [1.29, 1.82) is 0 Å². The normalized spacial score (nSPS) is 27.3. The molecule has 5 rings (SSSR count). The number of Topliss-reactive ketones (excluding diaryl/α,β-unsaturated/α-hetero) is 1. The zero-order chi connectivity index (χ0) is 31.4. The molecule has 0 saturated carbocycles. The van der Waals surface area contributed by atoms with Crippen LogP contribution in [0.2, 0.25) is 0 Å². The van der Waals surface area contributed by atoms with E-state index in [-0.39, 0.29) is 72.2 Å². The Labute approximate surface area is 279 Å². The minimum atomic E-state index is -2.34. The van der Waals surface area contributed by atoms with Gasteiger partial charge in [0.1, 0.15) is 29.5 Å². The topological polar surface area (TPSA) is 239 Å². The summed E-state index contributed by atoms with van der Waals surface area (Å²) in [7, 11) is 1.29. The molecule has 0 aromatic heterocycles. The van der Waals surface area contributed by atoms with Crippen molar-refractivity contribution in [3.8, 4) is 17.2 Å². The van der Waals surface area contributed by atoms with E-state index in [1.165, 1.54) is 32.2 Å². The van der Waals surface area contributed by atoms with E-state index in [9.17, 15) is 44.7 Å².